The molecule has 13 aromatic rings. The molecule has 0 aliphatic carbocycles. The summed E-state index contributed by atoms with van der Waals surface area (Å²) in [5, 5.41) is 9.27. The second-order valence-corrected chi connectivity index (χ2v) is 15.3. The molecule has 0 radical (unpaired) electrons. The maximum absolute atomic E-state index is 6.80. The number of para-hydroxylation sites is 5. The van der Waals surface area contributed by atoms with Crippen LogP contribution in [0.3, 0.4) is 0 Å². The lowest BCUT2D eigenvalue weighted by molar-refractivity contribution is -0.567. The summed E-state index contributed by atoms with van der Waals surface area (Å²) < 4.78 is 14.0. The van der Waals surface area contributed by atoms with Crippen molar-refractivity contribution in [2.24, 2.45) is 0 Å². The summed E-state index contributed by atoms with van der Waals surface area (Å²) in [7, 11) is 0. The molecule has 5 nitrogen and oxygen atoms in total. The second kappa shape index (κ2) is 12.2. The van der Waals surface area contributed by atoms with Gasteiger partial charge in [-0.3, -0.25) is 0 Å². The van der Waals surface area contributed by atoms with Crippen molar-refractivity contribution in [3.8, 4) is 28.3 Å². The summed E-state index contributed by atoms with van der Waals surface area (Å²) >= 11 is 0. The first-order chi connectivity index (χ1) is 29.3. The van der Waals surface area contributed by atoms with Crippen LogP contribution in [-0.2, 0) is 0 Å². The minimum absolute atomic E-state index is 0.893. The van der Waals surface area contributed by atoms with Gasteiger partial charge in [0, 0.05) is 61.8 Å². The fourth-order valence-corrected chi connectivity index (χ4v) is 9.59. The highest BCUT2D eigenvalue weighted by molar-refractivity contribution is 6.29. The van der Waals surface area contributed by atoms with Gasteiger partial charge in [-0.05, 0) is 53.9 Å². The number of furan rings is 1. The summed E-state index contributed by atoms with van der Waals surface area (Å²) in [5.74, 6) is 0. The number of benzene rings is 9. The van der Waals surface area contributed by atoms with E-state index < -0.39 is 0 Å². The van der Waals surface area contributed by atoms with Gasteiger partial charge in [0.05, 0.1) is 33.1 Å². The molecule has 0 fully saturated rings. The van der Waals surface area contributed by atoms with Crippen molar-refractivity contribution in [2.45, 2.75) is 0 Å². The zero-order valence-electron chi connectivity index (χ0n) is 31.7. The van der Waals surface area contributed by atoms with Gasteiger partial charge in [0.2, 0.25) is 17.4 Å². The number of hydrogen-bond acceptors (Lipinski definition) is 2. The molecule has 0 unspecified atom stereocenters. The maximum Gasteiger partial charge on any atom is 0.237 e. The normalized spacial score (nSPS) is 12.1. The van der Waals surface area contributed by atoms with Crippen LogP contribution < -0.4 is 4.57 Å². The fourth-order valence-electron chi connectivity index (χ4n) is 9.59. The van der Waals surface area contributed by atoms with Gasteiger partial charge in [0.15, 0.2) is 0 Å². The maximum atomic E-state index is 6.80. The quantitative estimate of drug-likeness (QED) is 0.168. The van der Waals surface area contributed by atoms with Crippen molar-refractivity contribution < 1.29 is 8.98 Å². The smallest absolute Gasteiger partial charge is 0.237 e. The number of aromatic nitrogens is 4. The third-order valence-corrected chi connectivity index (χ3v) is 12.1. The van der Waals surface area contributed by atoms with Crippen molar-refractivity contribution >= 4 is 87.4 Å². The van der Waals surface area contributed by atoms with Crippen molar-refractivity contribution in [1.82, 2.24) is 14.1 Å². The first-order valence-electron chi connectivity index (χ1n) is 20.0. The predicted octanol–water partition coefficient (Wildman–Crippen LogP) is 13.4. The van der Waals surface area contributed by atoms with Crippen LogP contribution in [0.4, 0.5) is 0 Å². The van der Waals surface area contributed by atoms with Crippen LogP contribution in [0.1, 0.15) is 0 Å². The number of rotatable bonds is 4. The first kappa shape index (κ1) is 32.1. The predicted molar refractivity (Wildman–Crippen MR) is 242 cm³/mol. The molecule has 5 heteroatoms. The van der Waals surface area contributed by atoms with Gasteiger partial charge in [-0.25, -0.2) is 4.98 Å². The molecule has 0 aliphatic rings. The molecule has 9 aromatic carbocycles. The van der Waals surface area contributed by atoms with Crippen LogP contribution in [0, 0.1) is 0 Å². The molecule has 0 spiro atoms. The van der Waals surface area contributed by atoms with Crippen molar-refractivity contribution in [3.63, 3.8) is 0 Å². The zero-order valence-corrected chi connectivity index (χ0v) is 31.7. The summed E-state index contributed by atoms with van der Waals surface area (Å²) in [6.45, 7) is 0. The third-order valence-electron chi connectivity index (χ3n) is 12.1. The summed E-state index contributed by atoms with van der Waals surface area (Å²) in [6.07, 6.45) is 2.16. The molecule has 4 aromatic heterocycles. The van der Waals surface area contributed by atoms with E-state index in [2.05, 4.69) is 208 Å². The van der Waals surface area contributed by atoms with E-state index in [1.807, 2.05) is 6.07 Å². The van der Waals surface area contributed by atoms with Gasteiger partial charge in [0.1, 0.15) is 22.4 Å². The Morgan fingerprint density at radius 2 is 1.19 bits per heavy atom. The van der Waals surface area contributed by atoms with Crippen molar-refractivity contribution in [2.75, 3.05) is 0 Å². The number of hydrogen-bond donors (Lipinski definition) is 0. The Bertz CT molecular complexity index is 3850. The minimum Gasteiger partial charge on any atom is -0.455 e. The number of nitrogens with zero attached hydrogens (tertiary/aromatic N) is 4. The highest BCUT2D eigenvalue weighted by Crippen LogP contribution is 2.46. The van der Waals surface area contributed by atoms with Crippen molar-refractivity contribution in [3.05, 3.63) is 200 Å². The summed E-state index contributed by atoms with van der Waals surface area (Å²) in [4.78, 5) is 5.24. The fraction of sp³-hybridized carbons (Fsp3) is 0. The minimum atomic E-state index is 0.893. The third kappa shape index (κ3) is 4.61. The van der Waals surface area contributed by atoms with E-state index in [-0.39, 0.29) is 0 Å². The zero-order chi connectivity index (χ0) is 38.6. The van der Waals surface area contributed by atoms with E-state index in [4.69, 9.17) is 9.40 Å². The summed E-state index contributed by atoms with van der Waals surface area (Å²) in [6, 6.07) is 69.3. The summed E-state index contributed by atoms with van der Waals surface area (Å²) in [5.41, 5.74) is 13.5. The Hall–Kier alpha value is -8.02. The number of fused-ring (bicyclic) bond motifs is 13. The Labute approximate surface area is 337 Å². The van der Waals surface area contributed by atoms with Gasteiger partial charge in [-0.1, -0.05) is 127 Å². The molecule has 4 heterocycles. The van der Waals surface area contributed by atoms with E-state index in [0.29, 0.717) is 0 Å². The SMILES string of the molecule is c1ccc(-[n+]2cc(-c3cccc(-n4c5ccccc5c5ccc6c7c8oc9ccccc9c8ccc7n(-c7cccc8ccccc78)c6c54)c3)nc3ccccc32)cc1. The Balaban J connectivity index is 1.16. The Kier molecular flexibility index (Phi) is 6.66. The molecule has 0 N–H and O–H groups in total. The lowest BCUT2D eigenvalue weighted by atomic mass is 10.1. The van der Waals surface area contributed by atoms with Gasteiger partial charge in [-0.15, -0.1) is 0 Å². The largest absolute Gasteiger partial charge is 0.455 e. The van der Waals surface area contributed by atoms with E-state index in [1.165, 1.54) is 21.5 Å². The van der Waals surface area contributed by atoms with Gasteiger partial charge in [0.25, 0.3) is 0 Å². The van der Waals surface area contributed by atoms with E-state index in [9.17, 15) is 0 Å². The van der Waals surface area contributed by atoms with Crippen LogP contribution in [0.15, 0.2) is 205 Å². The van der Waals surface area contributed by atoms with Crippen LogP contribution in [0.5, 0.6) is 0 Å². The van der Waals surface area contributed by atoms with E-state index in [1.54, 1.807) is 0 Å². The topological polar surface area (TPSA) is 39.8 Å². The molecular formula is C54H33N4O+. The molecule has 274 valence electrons. The van der Waals surface area contributed by atoms with Gasteiger partial charge < -0.3 is 13.6 Å². The van der Waals surface area contributed by atoms with Crippen LogP contribution in [-0.4, -0.2) is 14.1 Å². The standard InChI is InChI=1S/C54H33N4O/c1-2-17-36(18-3-1)56-33-45(55-44-23-8-10-25-48(44)56)35-16-12-19-37(32-35)57-47-24-9-6-21-39(47)41-28-29-43-51-49(31-30-42-40-22-7-11-27-50(40)59-54(42)51)58(53(43)52(41)57)46-26-13-15-34-14-4-5-20-38(34)46/h1-33H/q+1. The molecular weight excluding hydrogens is 721 g/mol. The van der Waals surface area contributed by atoms with E-state index >= 15 is 0 Å². The molecule has 13 rings (SSSR count). The molecule has 0 bridgehead atoms. The van der Waals surface area contributed by atoms with Gasteiger partial charge >= 0.3 is 0 Å². The first-order valence-corrected chi connectivity index (χ1v) is 20.0. The van der Waals surface area contributed by atoms with E-state index in [0.717, 1.165) is 94.1 Å². The Morgan fingerprint density at radius 1 is 0.475 bits per heavy atom. The highest BCUT2D eigenvalue weighted by Gasteiger charge is 2.25. The second-order valence-electron chi connectivity index (χ2n) is 15.3. The van der Waals surface area contributed by atoms with Crippen LogP contribution in [0.2, 0.25) is 0 Å². The van der Waals surface area contributed by atoms with Crippen LogP contribution >= 0.6 is 0 Å². The monoisotopic (exact) mass is 753 g/mol. The lowest BCUT2D eigenvalue weighted by Gasteiger charge is -2.15. The Morgan fingerprint density at radius 3 is 2.12 bits per heavy atom. The lowest BCUT2D eigenvalue weighted by Crippen LogP contribution is -2.32. The highest BCUT2D eigenvalue weighted by atomic mass is 16.3. The molecule has 0 atom stereocenters. The average molecular weight is 754 g/mol. The molecule has 0 aliphatic heterocycles. The molecule has 0 saturated heterocycles. The molecule has 0 amide bonds. The molecule has 59 heavy (non-hydrogen) atoms. The van der Waals surface area contributed by atoms with Crippen molar-refractivity contribution in [1.29, 1.82) is 0 Å². The van der Waals surface area contributed by atoms with Gasteiger partial charge in [-0.2, -0.15) is 4.57 Å². The average Bonchev–Trinajstić information content (AvgIpc) is 3.96. The molecule has 0 saturated carbocycles. The van der Waals surface area contributed by atoms with Crippen LogP contribution in [0.25, 0.3) is 116 Å².